The molecule has 0 bridgehead atoms. The summed E-state index contributed by atoms with van der Waals surface area (Å²) in [6.45, 7) is -1.47. The largest absolute Gasteiger partial charge is 0.467 e. The van der Waals surface area contributed by atoms with Crippen LogP contribution < -0.4 is 5.32 Å². The van der Waals surface area contributed by atoms with Gasteiger partial charge < -0.3 is 19.1 Å². The van der Waals surface area contributed by atoms with Crippen molar-refractivity contribution in [1.29, 1.82) is 0 Å². The van der Waals surface area contributed by atoms with Crippen LogP contribution in [0.3, 0.4) is 0 Å². The number of furan rings is 2. The molecule has 0 saturated heterocycles. The number of rotatable bonds is 8. The Balaban J connectivity index is 1.81. The molecule has 6 nitrogen and oxygen atoms in total. The summed E-state index contributed by atoms with van der Waals surface area (Å²) in [6, 6.07) is 6.08. The van der Waals surface area contributed by atoms with E-state index in [-0.39, 0.29) is 37.5 Å². The Morgan fingerprint density at radius 1 is 1.12 bits per heavy atom. The van der Waals surface area contributed by atoms with Gasteiger partial charge in [-0.15, -0.1) is 0 Å². The average Bonchev–Trinajstić information content (AvgIpc) is 3.22. The summed E-state index contributed by atoms with van der Waals surface area (Å²) >= 11 is 0. The van der Waals surface area contributed by atoms with Crippen molar-refractivity contribution < 1.29 is 31.6 Å². The van der Waals surface area contributed by atoms with Crippen molar-refractivity contribution in [2.45, 2.75) is 25.6 Å². The maximum absolute atomic E-state index is 12.7. The third kappa shape index (κ3) is 6.36. The Kier molecular flexibility index (Phi) is 6.26. The molecule has 2 aromatic rings. The fourth-order valence-electron chi connectivity index (χ4n) is 2.13. The molecule has 0 aliphatic heterocycles. The Hall–Kier alpha value is -2.71. The number of nitrogens with zero attached hydrogens (tertiary/aromatic N) is 1. The maximum atomic E-state index is 12.7. The van der Waals surface area contributed by atoms with Gasteiger partial charge in [0.25, 0.3) is 5.91 Å². The Labute approximate surface area is 141 Å². The van der Waals surface area contributed by atoms with Crippen molar-refractivity contribution >= 4 is 11.8 Å². The summed E-state index contributed by atoms with van der Waals surface area (Å²) in [6.07, 6.45) is -1.75. The minimum Gasteiger partial charge on any atom is -0.467 e. The summed E-state index contributed by atoms with van der Waals surface area (Å²) in [5.41, 5.74) is 0. The first-order valence-electron chi connectivity index (χ1n) is 7.54. The van der Waals surface area contributed by atoms with E-state index in [0.29, 0.717) is 4.90 Å². The van der Waals surface area contributed by atoms with Gasteiger partial charge in [0.1, 0.15) is 12.3 Å². The molecule has 25 heavy (non-hydrogen) atoms. The molecule has 2 rings (SSSR count). The topological polar surface area (TPSA) is 75.7 Å². The predicted molar refractivity (Wildman–Crippen MR) is 80.5 cm³/mol. The van der Waals surface area contributed by atoms with Crippen LogP contribution in [-0.4, -0.2) is 36.0 Å². The van der Waals surface area contributed by atoms with Crippen molar-refractivity contribution in [3.05, 3.63) is 48.3 Å². The molecule has 0 atom stereocenters. The van der Waals surface area contributed by atoms with Crippen LogP contribution in [0.2, 0.25) is 0 Å². The van der Waals surface area contributed by atoms with E-state index in [4.69, 9.17) is 8.83 Å². The number of hydrogen-bond donors (Lipinski definition) is 1. The van der Waals surface area contributed by atoms with Crippen molar-refractivity contribution in [1.82, 2.24) is 10.2 Å². The van der Waals surface area contributed by atoms with Gasteiger partial charge in [-0.25, -0.2) is 0 Å². The van der Waals surface area contributed by atoms with E-state index < -0.39 is 24.5 Å². The fourth-order valence-corrected chi connectivity index (χ4v) is 2.13. The molecule has 0 radical (unpaired) electrons. The lowest BCUT2D eigenvalue weighted by molar-refractivity contribution is -0.162. The molecule has 136 valence electrons. The van der Waals surface area contributed by atoms with E-state index in [2.05, 4.69) is 5.32 Å². The number of hydrogen-bond acceptors (Lipinski definition) is 4. The number of nitrogens with one attached hydrogen (secondary N) is 1. The summed E-state index contributed by atoms with van der Waals surface area (Å²) in [5.74, 6) is -0.715. The van der Waals surface area contributed by atoms with Crippen LogP contribution in [0, 0.1) is 0 Å². The van der Waals surface area contributed by atoms with E-state index >= 15 is 0 Å². The van der Waals surface area contributed by atoms with E-state index in [9.17, 15) is 22.8 Å². The smallest absolute Gasteiger partial charge is 0.406 e. The Bertz CT molecular complexity index is 666. The first-order valence-corrected chi connectivity index (χ1v) is 7.54. The van der Waals surface area contributed by atoms with Gasteiger partial charge in [0.05, 0.1) is 19.1 Å². The van der Waals surface area contributed by atoms with Gasteiger partial charge in [-0.2, -0.15) is 13.2 Å². The van der Waals surface area contributed by atoms with Crippen molar-refractivity contribution in [2.24, 2.45) is 0 Å². The normalized spacial score (nSPS) is 11.3. The van der Waals surface area contributed by atoms with Crippen molar-refractivity contribution in [2.75, 3.05) is 13.1 Å². The minimum atomic E-state index is -4.50. The average molecular weight is 358 g/mol. The molecule has 0 spiro atoms. The van der Waals surface area contributed by atoms with Crippen LogP contribution in [0.4, 0.5) is 13.2 Å². The molecule has 1 N–H and O–H groups in total. The minimum absolute atomic E-state index is 0.128. The number of halogens is 3. The maximum Gasteiger partial charge on any atom is 0.406 e. The van der Waals surface area contributed by atoms with Gasteiger partial charge >= 0.3 is 6.18 Å². The first kappa shape index (κ1) is 18.6. The van der Waals surface area contributed by atoms with Crippen LogP contribution in [0.25, 0.3) is 0 Å². The van der Waals surface area contributed by atoms with E-state index in [1.807, 2.05) is 0 Å². The molecule has 2 amide bonds. The number of carbonyl (C=O) groups excluding carboxylic acids is 2. The molecular formula is C16H17F3N2O4. The second-order valence-corrected chi connectivity index (χ2v) is 5.28. The molecule has 0 fully saturated rings. The van der Waals surface area contributed by atoms with E-state index in [0.717, 1.165) is 0 Å². The summed E-state index contributed by atoms with van der Waals surface area (Å²) in [5, 5.41) is 2.53. The van der Waals surface area contributed by atoms with Crippen molar-refractivity contribution in [3.8, 4) is 0 Å². The number of carbonyl (C=O) groups is 2. The molecule has 2 aromatic heterocycles. The van der Waals surface area contributed by atoms with E-state index in [1.165, 1.54) is 30.7 Å². The molecule has 9 heteroatoms. The number of amides is 2. The number of alkyl halides is 3. The van der Waals surface area contributed by atoms with Gasteiger partial charge in [-0.3, -0.25) is 9.59 Å². The highest BCUT2D eigenvalue weighted by atomic mass is 19.4. The van der Waals surface area contributed by atoms with Crippen LogP contribution in [-0.2, 0) is 11.3 Å². The highest BCUT2D eigenvalue weighted by Gasteiger charge is 2.33. The zero-order chi connectivity index (χ0) is 18.3. The van der Waals surface area contributed by atoms with Crippen LogP contribution >= 0.6 is 0 Å². The lowest BCUT2D eigenvalue weighted by Gasteiger charge is -2.23. The highest BCUT2D eigenvalue weighted by molar-refractivity contribution is 5.91. The molecular weight excluding hydrogens is 341 g/mol. The summed E-state index contributed by atoms with van der Waals surface area (Å²) in [7, 11) is 0. The third-order valence-electron chi connectivity index (χ3n) is 3.25. The van der Waals surface area contributed by atoms with Crippen LogP contribution in [0.15, 0.2) is 45.6 Å². The van der Waals surface area contributed by atoms with Gasteiger partial charge in [0.15, 0.2) is 5.76 Å². The molecule has 0 aliphatic carbocycles. The zero-order valence-corrected chi connectivity index (χ0v) is 13.2. The van der Waals surface area contributed by atoms with Gasteiger partial charge in [0.2, 0.25) is 5.91 Å². The molecule has 0 saturated carbocycles. The second-order valence-electron chi connectivity index (χ2n) is 5.28. The fraction of sp³-hybridized carbons (Fsp3) is 0.375. The Morgan fingerprint density at radius 2 is 1.84 bits per heavy atom. The predicted octanol–water partition coefficient (Wildman–Crippen LogP) is 2.97. The van der Waals surface area contributed by atoms with Crippen LogP contribution in [0.5, 0.6) is 0 Å². The summed E-state index contributed by atoms with van der Waals surface area (Å²) in [4.78, 5) is 24.4. The standard InChI is InChI=1S/C16H17F3N2O4/c17-16(18,19)11-21(10-12-4-2-8-24-12)14(22)6-1-7-20-15(23)13-5-3-9-25-13/h2-5,8-9H,1,6-7,10-11H2,(H,20,23). The Morgan fingerprint density at radius 3 is 2.44 bits per heavy atom. The van der Waals surface area contributed by atoms with Gasteiger partial charge in [0, 0.05) is 13.0 Å². The zero-order valence-electron chi connectivity index (χ0n) is 13.2. The van der Waals surface area contributed by atoms with Gasteiger partial charge in [-0.05, 0) is 30.7 Å². The molecule has 0 aliphatic rings. The SMILES string of the molecule is O=C(NCCCC(=O)N(Cc1ccco1)CC(F)(F)F)c1ccco1. The second kappa shape index (κ2) is 8.41. The highest BCUT2D eigenvalue weighted by Crippen LogP contribution is 2.19. The van der Waals surface area contributed by atoms with Crippen molar-refractivity contribution in [3.63, 3.8) is 0 Å². The molecule has 2 heterocycles. The first-order chi connectivity index (χ1) is 11.8. The lowest BCUT2D eigenvalue weighted by atomic mass is 10.2. The molecule has 0 aromatic carbocycles. The lowest BCUT2D eigenvalue weighted by Crippen LogP contribution is -2.38. The summed E-state index contributed by atoms with van der Waals surface area (Å²) < 4.78 is 47.9. The third-order valence-corrected chi connectivity index (χ3v) is 3.25. The monoisotopic (exact) mass is 358 g/mol. The van der Waals surface area contributed by atoms with Gasteiger partial charge in [-0.1, -0.05) is 0 Å². The molecule has 0 unspecified atom stereocenters. The van der Waals surface area contributed by atoms with Crippen LogP contribution in [0.1, 0.15) is 29.2 Å². The quantitative estimate of drug-likeness (QED) is 0.736. The van der Waals surface area contributed by atoms with E-state index in [1.54, 1.807) is 6.07 Å².